The van der Waals surface area contributed by atoms with E-state index < -0.39 is 0 Å². The van der Waals surface area contributed by atoms with Crippen LogP contribution in [0.2, 0.25) is 0 Å². The lowest BCUT2D eigenvalue weighted by Crippen LogP contribution is -2.41. The van der Waals surface area contributed by atoms with Gasteiger partial charge < -0.3 is 15.0 Å². The fourth-order valence-corrected chi connectivity index (χ4v) is 2.49. The molecule has 0 bridgehead atoms. The van der Waals surface area contributed by atoms with Crippen molar-refractivity contribution in [3.8, 4) is 0 Å². The summed E-state index contributed by atoms with van der Waals surface area (Å²) in [7, 11) is 1.70. The SMILES string of the molecule is CO[C@@H]1C[C@H](CNC(=O)CCl)N(c2cc(C)ncn2)C1. The van der Waals surface area contributed by atoms with Crippen molar-refractivity contribution in [3.05, 3.63) is 18.1 Å². The van der Waals surface area contributed by atoms with Crippen LogP contribution in [0.25, 0.3) is 0 Å². The molecule has 1 fully saturated rings. The molecule has 0 unspecified atom stereocenters. The van der Waals surface area contributed by atoms with Crippen molar-refractivity contribution in [1.29, 1.82) is 0 Å². The van der Waals surface area contributed by atoms with Gasteiger partial charge in [0.1, 0.15) is 18.0 Å². The van der Waals surface area contributed by atoms with E-state index in [1.54, 1.807) is 13.4 Å². The molecule has 0 aliphatic carbocycles. The Kier molecular flexibility index (Phi) is 5.14. The zero-order valence-corrected chi connectivity index (χ0v) is 12.4. The Bertz CT molecular complexity index is 471. The Labute approximate surface area is 123 Å². The highest BCUT2D eigenvalue weighted by Gasteiger charge is 2.33. The molecule has 20 heavy (non-hydrogen) atoms. The van der Waals surface area contributed by atoms with Crippen molar-refractivity contribution in [2.45, 2.75) is 25.5 Å². The summed E-state index contributed by atoms with van der Waals surface area (Å²) < 4.78 is 5.43. The lowest BCUT2D eigenvalue weighted by Gasteiger charge is -2.25. The molecule has 0 spiro atoms. The zero-order valence-electron chi connectivity index (χ0n) is 11.7. The first kappa shape index (κ1) is 15.0. The Balaban J connectivity index is 2.09. The molecule has 2 heterocycles. The normalized spacial score (nSPS) is 22.1. The standard InChI is InChI=1S/C13H19ClN4O2/c1-9-3-12(17-8-16-9)18-7-11(20-2)4-10(18)6-15-13(19)5-14/h3,8,10-11H,4-7H2,1-2H3,(H,15,19)/t10-,11-/m1/s1. The monoisotopic (exact) mass is 298 g/mol. The van der Waals surface area contributed by atoms with Crippen LogP contribution in [-0.4, -0.2) is 54.1 Å². The number of carbonyl (C=O) groups excluding carboxylic acids is 1. The number of alkyl halides is 1. The third kappa shape index (κ3) is 3.58. The third-order valence-corrected chi connectivity index (χ3v) is 3.69. The highest BCUT2D eigenvalue weighted by atomic mass is 35.5. The number of hydrogen-bond donors (Lipinski definition) is 1. The van der Waals surface area contributed by atoms with Gasteiger partial charge in [-0.2, -0.15) is 0 Å². The molecular formula is C13H19ClN4O2. The van der Waals surface area contributed by atoms with E-state index >= 15 is 0 Å². The Morgan fingerprint density at radius 1 is 1.60 bits per heavy atom. The number of amides is 1. The Morgan fingerprint density at radius 2 is 2.40 bits per heavy atom. The van der Waals surface area contributed by atoms with Crippen molar-refractivity contribution < 1.29 is 9.53 Å². The zero-order chi connectivity index (χ0) is 14.5. The number of halogens is 1. The summed E-state index contributed by atoms with van der Waals surface area (Å²) in [6.45, 7) is 3.22. The van der Waals surface area contributed by atoms with Crippen LogP contribution in [0, 0.1) is 6.92 Å². The predicted octanol–water partition coefficient (Wildman–Crippen LogP) is 0.734. The number of rotatable bonds is 5. The quantitative estimate of drug-likeness (QED) is 0.812. The number of anilines is 1. The molecule has 2 atom stereocenters. The molecule has 1 aliphatic rings. The first-order valence-corrected chi connectivity index (χ1v) is 7.08. The highest BCUT2D eigenvalue weighted by molar-refractivity contribution is 6.27. The molecule has 1 aliphatic heterocycles. The lowest BCUT2D eigenvalue weighted by molar-refractivity contribution is -0.118. The van der Waals surface area contributed by atoms with Gasteiger partial charge in [-0.3, -0.25) is 4.79 Å². The summed E-state index contributed by atoms with van der Waals surface area (Å²) >= 11 is 5.50. The van der Waals surface area contributed by atoms with Gasteiger partial charge in [0, 0.05) is 32.0 Å². The van der Waals surface area contributed by atoms with Gasteiger partial charge in [0.15, 0.2) is 0 Å². The average molecular weight is 299 g/mol. The van der Waals surface area contributed by atoms with Gasteiger partial charge in [-0.25, -0.2) is 9.97 Å². The number of nitrogens with zero attached hydrogens (tertiary/aromatic N) is 3. The molecule has 1 N–H and O–H groups in total. The van der Waals surface area contributed by atoms with Crippen molar-refractivity contribution in [1.82, 2.24) is 15.3 Å². The van der Waals surface area contributed by atoms with Crippen LogP contribution in [-0.2, 0) is 9.53 Å². The number of aryl methyl sites for hydroxylation is 1. The number of nitrogens with one attached hydrogen (secondary N) is 1. The Hall–Kier alpha value is -1.40. The topological polar surface area (TPSA) is 67.3 Å². The number of ether oxygens (including phenoxy) is 1. The maximum absolute atomic E-state index is 11.3. The number of methoxy groups -OCH3 is 1. The van der Waals surface area contributed by atoms with E-state index in [2.05, 4.69) is 20.2 Å². The maximum Gasteiger partial charge on any atom is 0.234 e. The van der Waals surface area contributed by atoms with Crippen LogP contribution in [0.15, 0.2) is 12.4 Å². The van der Waals surface area contributed by atoms with Crippen LogP contribution in [0.4, 0.5) is 5.82 Å². The first-order valence-electron chi connectivity index (χ1n) is 6.54. The number of hydrogen-bond acceptors (Lipinski definition) is 5. The first-order chi connectivity index (χ1) is 9.63. The fraction of sp³-hybridized carbons (Fsp3) is 0.615. The van der Waals surface area contributed by atoms with Gasteiger partial charge in [-0.15, -0.1) is 11.6 Å². The maximum atomic E-state index is 11.3. The second-order valence-electron chi connectivity index (χ2n) is 4.85. The summed E-state index contributed by atoms with van der Waals surface area (Å²) in [6.07, 6.45) is 2.55. The van der Waals surface area contributed by atoms with Gasteiger partial charge in [-0.05, 0) is 13.3 Å². The van der Waals surface area contributed by atoms with Gasteiger partial charge >= 0.3 is 0 Å². The molecule has 7 heteroatoms. The van der Waals surface area contributed by atoms with Gasteiger partial charge in [0.05, 0.1) is 12.1 Å². The van der Waals surface area contributed by atoms with Crippen LogP contribution in [0.1, 0.15) is 12.1 Å². The van der Waals surface area contributed by atoms with Crippen LogP contribution >= 0.6 is 11.6 Å². The van der Waals surface area contributed by atoms with E-state index in [9.17, 15) is 4.79 Å². The van der Waals surface area contributed by atoms with E-state index in [4.69, 9.17) is 16.3 Å². The molecular weight excluding hydrogens is 280 g/mol. The minimum absolute atomic E-state index is 0.0208. The molecule has 1 saturated heterocycles. The fourth-order valence-electron chi connectivity index (χ4n) is 2.39. The molecule has 1 amide bonds. The molecule has 110 valence electrons. The molecule has 6 nitrogen and oxygen atoms in total. The van der Waals surface area contributed by atoms with Crippen molar-refractivity contribution in [2.75, 3.05) is 31.0 Å². The van der Waals surface area contributed by atoms with Crippen LogP contribution in [0.5, 0.6) is 0 Å². The molecule has 0 saturated carbocycles. The molecule has 1 aromatic rings. The third-order valence-electron chi connectivity index (χ3n) is 3.45. The van der Waals surface area contributed by atoms with Crippen molar-refractivity contribution in [2.24, 2.45) is 0 Å². The van der Waals surface area contributed by atoms with E-state index in [0.29, 0.717) is 6.54 Å². The van der Waals surface area contributed by atoms with E-state index in [-0.39, 0.29) is 23.9 Å². The summed E-state index contributed by atoms with van der Waals surface area (Å²) in [5.41, 5.74) is 0.916. The minimum Gasteiger partial charge on any atom is -0.380 e. The predicted molar refractivity (Wildman–Crippen MR) is 77.0 cm³/mol. The Morgan fingerprint density at radius 3 is 3.05 bits per heavy atom. The largest absolute Gasteiger partial charge is 0.380 e. The van der Waals surface area contributed by atoms with Gasteiger partial charge in [-0.1, -0.05) is 0 Å². The second kappa shape index (κ2) is 6.85. The molecule has 2 rings (SSSR count). The van der Waals surface area contributed by atoms with Gasteiger partial charge in [0.2, 0.25) is 5.91 Å². The van der Waals surface area contributed by atoms with Crippen molar-refractivity contribution >= 4 is 23.3 Å². The van der Waals surface area contributed by atoms with Crippen molar-refractivity contribution in [3.63, 3.8) is 0 Å². The molecule has 1 aromatic heterocycles. The second-order valence-corrected chi connectivity index (χ2v) is 5.12. The minimum atomic E-state index is -0.161. The van der Waals surface area contributed by atoms with Crippen LogP contribution in [0.3, 0.4) is 0 Å². The van der Waals surface area contributed by atoms with E-state index in [1.165, 1.54) is 0 Å². The highest BCUT2D eigenvalue weighted by Crippen LogP contribution is 2.25. The van der Waals surface area contributed by atoms with E-state index in [0.717, 1.165) is 24.5 Å². The van der Waals surface area contributed by atoms with Crippen LogP contribution < -0.4 is 10.2 Å². The van der Waals surface area contributed by atoms with E-state index in [1.807, 2.05) is 13.0 Å². The lowest BCUT2D eigenvalue weighted by atomic mass is 10.2. The average Bonchev–Trinajstić information content (AvgIpc) is 2.88. The van der Waals surface area contributed by atoms with Gasteiger partial charge in [0.25, 0.3) is 0 Å². The number of aromatic nitrogens is 2. The summed E-state index contributed by atoms with van der Waals surface area (Å²) in [6, 6.07) is 2.09. The summed E-state index contributed by atoms with van der Waals surface area (Å²) in [4.78, 5) is 21.9. The molecule has 0 radical (unpaired) electrons. The smallest absolute Gasteiger partial charge is 0.234 e. The summed E-state index contributed by atoms with van der Waals surface area (Å²) in [5, 5.41) is 2.82. The summed E-state index contributed by atoms with van der Waals surface area (Å²) in [5.74, 6) is 0.682. The molecule has 0 aromatic carbocycles. The number of carbonyl (C=O) groups is 1.